The van der Waals surface area contributed by atoms with E-state index in [1.54, 1.807) is 0 Å². The number of carboxylic acid groups (broad SMARTS) is 3. The second-order valence-corrected chi connectivity index (χ2v) is 3.82. The van der Waals surface area contributed by atoms with Crippen LogP contribution in [0, 0.1) is 0 Å². The van der Waals surface area contributed by atoms with Gasteiger partial charge in [-0.2, -0.15) is 0 Å². The molecule has 0 aromatic carbocycles. The van der Waals surface area contributed by atoms with Crippen LogP contribution in [0.25, 0.3) is 0 Å². The zero-order valence-electron chi connectivity index (χ0n) is 16.0. The Balaban J connectivity index is -0.0000000533. The Morgan fingerprint density at radius 1 is 0.613 bits per heavy atom. The average molecular weight is 483 g/mol. The van der Waals surface area contributed by atoms with Crippen LogP contribution in [-0.2, 0) is 14.4 Å². The summed E-state index contributed by atoms with van der Waals surface area (Å²) in [5.74, 6) is -5.02. The Bertz CT molecular complexity index is 373. The molecule has 25 heteroatoms. The molecule has 0 aliphatic heterocycles. The van der Waals surface area contributed by atoms with Gasteiger partial charge in [-0.3, -0.25) is 9.59 Å². The van der Waals surface area contributed by atoms with E-state index in [9.17, 15) is 14.4 Å². The molecule has 0 aromatic rings. The summed E-state index contributed by atoms with van der Waals surface area (Å²) in [6.07, 6.45) is -2.29. The third-order valence-corrected chi connectivity index (χ3v) is 1.29. The number of carbonyl (C=O) groups is 3. The first-order valence-corrected chi connectivity index (χ1v) is 6.22. The van der Waals surface area contributed by atoms with Gasteiger partial charge in [0.25, 0.3) is 0 Å². The van der Waals surface area contributed by atoms with Crippen LogP contribution >= 0.6 is 0 Å². The maximum absolute atomic E-state index is 10.3. The molecule has 0 spiro atoms. The van der Waals surface area contributed by atoms with Gasteiger partial charge in [0.2, 0.25) is 0 Å². The molecule has 14 N–H and O–H groups in total. The van der Waals surface area contributed by atoms with E-state index in [-0.39, 0.29) is 59.1 Å². The number of hydrogen-bond acceptors (Lipinski definition) is 16. The van der Waals surface area contributed by atoms with Crippen LogP contribution in [0.5, 0.6) is 0 Å². The zero-order valence-corrected chi connectivity index (χ0v) is 20.0. The van der Waals surface area contributed by atoms with Crippen LogP contribution < -0.4 is 69.2 Å². The number of rotatable bonds is 5. The van der Waals surface area contributed by atoms with Crippen molar-refractivity contribution in [2.75, 3.05) is 0 Å². The first kappa shape index (κ1) is 48.6. The Hall–Kier alpha value is 0.150. The Morgan fingerprint density at radius 2 is 0.742 bits per heavy atom. The van der Waals surface area contributed by atoms with Crippen molar-refractivity contribution in [1.29, 1.82) is 0 Å². The molecule has 0 aliphatic rings. The first-order valence-electron chi connectivity index (χ1n) is 6.22. The molecule has 0 unspecified atom stereocenters. The standard InChI is InChI=1S/C6H8O7.3BH3O3.BHO3.2Na/c7-3(8)1-6(13,5(11)12)2-4(9)10;4*2-1(3)4;;/h13H,1-2H2,(H,7,8)(H,9,10)(H,11,12);3*2-4H;2H;;/q;;;;-2;2*+1. The van der Waals surface area contributed by atoms with Gasteiger partial charge in [0.05, 0.1) is 20.2 Å². The maximum atomic E-state index is 10.3. The molecule has 0 aromatic heterocycles. The molecule has 0 saturated carbocycles. The van der Waals surface area contributed by atoms with Crippen molar-refractivity contribution in [3.63, 3.8) is 0 Å². The van der Waals surface area contributed by atoms with Crippen molar-refractivity contribution in [2.45, 2.75) is 18.4 Å². The monoisotopic (exact) mass is 484 g/mol. The topological polar surface area (TPSA) is 381 Å². The predicted octanol–water partition coefficient (Wildman–Crippen LogP) is -16.7. The fourth-order valence-corrected chi connectivity index (χ4v) is 0.714. The largest absolute Gasteiger partial charge is 1.00 e. The molecule has 0 amide bonds. The summed E-state index contributed by atoms with van der Waals surface area (Å²) in [6, 6.07) is 0. The molecule has 31 heavy (non-hydrogen) atoms. The van der Waals surface area contributed by atoms with Crippen molar-refractivity contribution in [3.8, 4) is 0 Å². The van der Waals surface area contributed by atoms with Gasteiger partial charge in [-0.1, -0.05) is 0 Å². The second-order valence-electron chi connectivity index (χ2n) is 3.82. The molecule has 19 nitrogen and oxygen atoms in total. The van der Waals surface area contributed by atoms with Crippen molar-refractivity contribution in [2.24, 2.45) is 0 Å². The minimum Gasteiger partial charge on any atom is -0.871 e. The van der Waals surface area contributed by atoms with Crippen LogP contribution in [0.1, 0.15) is 12.8 Å². The van der Waals surface area contributed by atoms with Crippen LogP contribution in [-0.4, -0.2) is 123 Å². The summed E-state index contributed by atoms with van der Waals surface area (Å²) in [5, 5.41) is 122. The summed E-state index contributed by atoms with van der Waals surface area (Å²) in [7, 11) is -9.17. The summed E-state index contributed by atoms with van der Waals surface area (Å²) in [4.78, 5) is 30.5. The van der Waals surface area contributed by atoms with E-state index < -0.39 is 65.6 Å². The SMILES string of the molecule is O=C(O)CC(O)(CC(=O)O)C(=O)O.OB(O)O.OB(O)O.OB(O)O.[Na+].[Na+].[O-]B([O-])O. The van der Waals surface area contributed by atoms with Gasteiger partial charge in [-0.25, -0.2) is 4.79 Å². The van der Waals surface area contributed by atoms with Crippen LogP contribution in [0.4, 0.5) is 0 Å². The van der Waals surface area contributed by atoms with E-state index >= 15 is 0 Å². The molecule has 0 aliphatic carbocycles. The molecule has 0 heterocycles. The molecule has 0 fully saturated rings. The molecule has 0 atom stereocenters. The van der Waals surface area contributed by atoms with E-state index in [4.69, 9.17) is 80.7 Å². The predicted molar refractivity (Wildman–Crippen MR) is 82.3 cm³/mol. The molecule has 0 radical (unpaired) electrons. The second kappa shape index (κ2) is 30.1. The third-order valence-electron chi connectivity index (χ3n) is 1.29. The Morgan fingerprint density at radius 3 is 0.806 bits per heavy atom. The maximum Gasteiger partial charge on any atom is 1.00 e. The molecular weight excluding hydrogens is 465 g/mol. The molecular formula is C6H18B4Na2O19. The van der Waals surface area contributed by atoms with Crippen LogP contribution in [0.2, 0.25) is 0 Å². The normalized spacial score (nSPS) is 8.03. The summed E-state index contributed by atoms with van der Waals surface area (Å²) in [5.41, 5.74) is -2.74. The smallest absolute Gasteiger partial charge is 0.871 e. The number of carboxylic acids is 3. The Labute approximate surface area is 218 Å². The quantitative estimate of drug-likeness (QED) is 0.161. The molecule has 0 bridgehead atoms. The molecule has 0 rings (SSSR count). The van der Waals surface area contributed by atoms with Gasteiger partial charge in [0.15, 0.2) is 5.60 Å². The van der Waals surface area contributed by atoms with E-state index in [1.807, 2.05) is 0 Å². The van der Waals surface area contributed by atoms with Gasteiger partial charge < -0.3 is 80.7 Å². The van der Waals surface area contributed by atoms with Crippen LogP contribution in [0.15, 0.2) is 0 Å². The summed E-state index contributed by atoms with van der Waals surface area (Å²) in [6.45, 7) is 0. The van der Waals surface area contributed by atoms with Crippen molar-refractivity contribution in [3.05, 3.63) is 0 Å². The third kappa shape index (κ3) is 91.6. The van der Waals surface area contributed by atoms with Gasteiger partial charge in [-0.05, 0) is 0 Å². The Kier molecular flexibility index (Phi) is 47.2. The molecule has 0 saturated heterocycles. The summed E-state index contributed by atoms with van der Waals surface area (Å²) >= 11 is 0. The number of hydrogen-bond donors (Lipinski definition) is 14. The van der Waals surface area contributed by atoms with Gasteiger partial charge in [-0.15, -0.1) is 0 Å². The van der Waals surface area contributed by atoms with E-state index in [1.165, 1.54) is 0 Å². The van der Waals surface area contributed by atoms with E-state index in [0.29, 0.717) is 0 Å². The number of aliphatic hydroxyl groups is 1. The van der Waals surface area contributed by atoms with Crippen molar-refractivity contribution < 1.29 is 154 Å². The fraction of sp³-hybridized carbons (Fsp3) is 0.500. The molecule has 170 valence electrons. The average Bonchev–Trinajstić information content (AvgIpc) is 2.32. The van der Waals surface area contributed by atoms with Crippen molar-refractivity contribution >= 4 is 47.2 Å². The van der Waals surface area contributed by atoms with Gasteiger partial charge >= 0.3 is 99.0 Å². The minimum atomic E-state index is -2.74. The first-order chi connectivity index (χ1) is 12.7. The van der Waals surface area contributed by atoms with Gasteiger partial charge in [0, 0.05) is 0 Å². The summed E-state index contributed by atoms with van der Waals surface area (Å²) < 4.78 is 0. The minimum absolute atomic E-state index is 0. The number of aliphatic carboxylic acids is 3. The van der Waals surface area contributed by atoms with E-state index in [2.05, 4.69) is 0 Å². The van der Waals surface area contributed by atoms with Crippen molar-refractivity contribution in [1.82, 2.24) is 0 Å². The fourth-order valence-electron chi connectivity index (χ4n) is 0.714. The van der Waals surface area contributed by atoms with E-state index in [0.717, 1.165) is 0 Å². The van der Waals surface area contributed by atoms with Gasteiger partial charge in [0.1, 0.15) is 0 Å². The zero-order chi connectivity index (χ0) is 25.0. The van der Waals surface area contributed by atoms with Crippen LogP contribution in [0.3, 0.4) is 0 Å².